The SMILES string of the molecule is O=C1CC(=O)C2(CCCc3cc(Br)ccc32)N1. The second-order valence-corrected chi connectivity index (χ2v) is 5.62. The van der Waals surface area contributed by atoms with Crippen LogP contribution in [0.5, 0.6) is 0 Å². The molecule has 17 heavy (non-hydrogen) atoms. The molecule has 1 heterocycles. The van der Waals surface area contributed by atoms with Crippen LogP contribution in [0.2, 0.25) is 0 Å². The minimum absolute atomic E-state index is 0.0192. The van der Waals surface area contributed by atoms with Crippen molar-refractivity contribution in [3.05, 3.63) is 33.8 Å². The fourth-order valence-corrected chi connectivity index (χ4v) is 3.34. The predicted molar refractivity (Wildman–Crippen MR) is 66.5 cm³/mol. The maximum Gasteiger partial charge on any atom is 0.228 e. The Morgan fingerprint density at radius 3 is 2.82 bits per heavy atom. The van der Waals surface area contributed by atoms with Crippen molar-refractivity contribution in [2.75, 3.05) is 0 Å². The van der Waals surface area contributed by atoms with Gasteiger partial charge in [0, 0.05) is 4.47 Å². The van der Waals surface area contributed by atoms with E-state index >= 15 is 0 Å². The highest BCUT2D eigenvalue weighted by molar-refractivity contribution is 9.10. The van der Waals surface area contributed by atoms with Crippen LogP contribution in [0, 0.1) is 0 Å². The van der Waals surface area contributed by atoms with Crippen molar-refractivity contribution in [3.63, 3.8) is 0 Å². The number of amides is 1. The number of hydrogen-bond donors (Lipinski definition) is 1. The minimum Gasteiger partial charge on any atom is -0.339 e. The van der Waals surface area contributed by atoms with Gasteiger partial charge in [0.05, 0.1) is 6.42 Å². The van der Waals surface area contributed by atoms with Gasteiger partial charge in [-0.1, -0.05) is 22.0 Å². The van der Waals surface area contributed by atoms with Crippen LogP contribution in [0.3, 0.4) is 0 Å². The van der Waals surface area contributed by atoms with E-state index < -0.39 is 5.54 Å². The molecule has 1 aromatic carbocycles. The van der Waals surface area contributed by atoms with Crippen LogP contribution in [-0.2, 0) is 21.5 Å². The first kappa shape index (κ1) is 11.0. The quantitative estimate of drug-likeness (QED) is 0.745. The van der Waals surface area contributed by atoms with Gasteiger partial charge in [-0.05, 0) is 42.5 Å². The molecule has 1 saturated heterocycles. The summed E-state index contributed by atoms with van der Waals surface area (Å²) in [6.45, 7) is 0. The van der Waals surface area contributed by atoms with E-state index in [1.54, 1.807) is 0 Å². The van der Waals surface area contributed by atoms with Crippen LogP contribution < -0.4 is 5.32 Å². The Morgan fingerprint density at radius 2 is 2.12 bits per heavy atom. The van der Waals surface area contributed by atoms with E-state index in [-0.39, 0.29) is 18.1 Å². The molecule has 1 fully saturated rings. The summed E-state index contributed by atoms with van der Waals surface area (Å²) in [7, 11) is 0. The Balaban J connectivity index is 2.17. The first-order valence-electron chi connectivity index (χ1n) is 5.75. The van der Waals surface area contributed by atoms with Crippen LogP contribution in [0.4, 0.5) is 0 Å². The van der Waals surface area contributed by atoms with E-state index in [1.807, 2.05) is 18.2 Å². The molecule has 2 aliphatic rings. The molecule has 3 rings (SSSR count). The van der Waals surface area contributed by atoms with Crippen molar-refractivity contribution >= 4 is 27.6 Å². The number of hydrogen-bond acceptors (Lipinski definition) is 2. The van der Waals surface area contributed by atoms with Crippen molar-refractivity contribution in [1.82, 2.24) is 5.32 Å². The predicted octanol–water partition coefficient (Wildman–Crippen LogP) is 2.07. The van der Waals surface area contributed by atoms with Crippen LogP contribution in [-0.4, -0.2) is 11.7 Å². The van der Waals surface area contributed by atoms with Gasteiger partial charge < -0.3 is 5.32 Å². The summed E-state index contributed by atoms with van der Waals surface area (Å²) in [5.74, 6) is -0.128. The van der Waals surface area contributed by atoms with Gasteiger partial charge in [0.15, 0.2) is 5.78 Å². The van der Waals surface area contributed by atoms with E-state index in [1.165, 1.54) is 5.56 Å². The average Bonchev–Trinajstić information content (AvgIpc) is 2.54. The van der Waals surface area contributed by atoms with E-state index in [0.29, 0.717) is 0 Å². The van der Waals surface area contributed by atoms with Gasteiger partial charge >= 0.3 is 0 Å². The monoisotopic (exact) mass is 293 g/mol. The number of rotatable bonds is 0. The largest absolute Gasteiger partial charge is 0.339 e. The molecular formula is C13H12BrNO2. The summed E-state index contributed by atoms with van der Waals surface area (Å²) < 4.78 is 1.02. The summed E-state index contributed by atoms with van der Waals surface area (Å²) in [6, 6.07) is 5.94. The molecule has 1 aromatic rings. The number of Topliss-reactive ketones (excluding diaryl/α,β-unsaturated/α-hetero) is 1. The van der Waals surface area contributed by atoms with Crippen LogP contribution in [0.1, 0.15) is 30.4 Å². The van der Waals surface area contributed by atoms with Gasteiger partial charge in [-0.15, -0.1) is 0 Å². The lowest BCUT2D eigenvalue weighted by Crippen LogP contribution is -2.46. The van der Waals surface area contributed by atoms with Crippen LogP contribution >= 0.6 is 15.9 Å². The van der Waals surface area contributed by atoms with Gasteiger partial charge in [0.25, 0.3) is 0 Å². The lowest BCUT2D eigenvalue weighted by molar-refractivity contribution is -0.123. The van der Waals surface area contributed by atoms with E-state index in [2.05, 4.69) is 21.2 Å². The Labute approximate surface area is 108 Å². The molecule has 88 valence electrons. The Hall–Kier alpha value is -1.16. The van der Waals surface area contributed by atoms with Crippen molar-refractivity contribution in [3.8, 4) is 0 Å². The Kier molecular flexibility index (Phi) is 2.36. The van der Waals surface area contributed by atoms with Crippen molar-refractivity contribution in [2.45, 2.75) is 31.2 Å². The number of halogens is 1. The lowest BCUT2D eigenvalue weighted by atomic mass is 9.75. The van der Waals surface area contributed by atoms with Gasteiger partial charge in [-0.2, -0.15) is 0 Å². The normalized spacial score (nSPS) is 27.1. The van der Waals surface area contributed by atoms with Crippen LogP contribution in [0.15, 0.2) is 22.7 Å². The van der Waals surface area contributed by atoms with Crippen molar-refractivity contribution < 1.29 is 9.59 Å². The maximum absolute atomic E-state index is 12.1. The fourth-order valence-electron chi connectivity index (χ4n) is 2.93. The zero-order valence-electron chi connectivity index (χ0n) is 9.25. The molecule has 0 bridgehead atoms. The third-order valence-corrected chi connectivity index (χ3v) is 4.17. The van der Waals surface area contributed by atoms with Crippen molar-refractivity contribution in [1.29, 1.82) is 0 Å². The number of ketones is 1. The second-order valence-electron chi connectivity index (χ2n) is 4.71. The molecule has 1 amide bonds. The van der Waals surface area contributed by atoms with E-state index in [0.717, 1.165) is 29.3 Å². The molecular weight excluding hydrogens is 282 g/mol. The van der Waals surface area contributed by atoms with Gasteiger partial charge in [-0.3, -0.25) is 9.59 Å². The second kappa shape index (κ2) is 3.67. The summed E-state index contributed by atoms with van der Waals surface area (Å²) in [5.41, 5.74) is 1.43. The summed E-state index contributed by atoms with van der Waals surface area (Å²) >= 11 is 3.44. The Morgan fingerprint density at radius 1 is 1.29 bits per heavy atom. The number of nitrogens with one attached hydrogen (secondary N) is 1. The molecule has 1 unspecified atom stereocenters. The zero-order chi connectivity index (χ0) is 12.0. The highest BCUT2D eigenvalue weighted by Gasteiger charge is 2.49. The topological polar surface area (TPSA) is 46.2 Å². The highest BCUT2D eigenvalue weighted by Crippen LogP contribution is 2.40. The van der Waals surface area contributed by atoms with Gasteiger partial charge in [0.2, 0.25) is 5.91 Å². The van der Waals surface area contributed by atoms with Crippen molar-refractivity contribution in [2.24, 2.45) is 0 Å². The Bertz CT molecular complexity index is 526. The number of carbonyl (C=O) groups excluding carboxylic acids is 2. The third kappa shape index (κ3) is 1.54. The van der Waals surface area contributed by atoms with Gasteiger partial charge in [0.1, 0.15) is 5.54 Å². The summed E-state index contributed by atoms with van der Waals surface area (Å²) in [5, 5.41) is 2.89. The number of benzene rings is 1. The molecule has 0 radical (unpaired) electrons. The van der Waals surface area contributed by atoms with E-state index in [9.17, 15) is 9.59 Å². The van der Waals surface area contributed by atoms with Gasteiger partial charge in [-0.25, -0.2) is 0 Å². The summed E-state index contributed by atoms with van der Waals surface area (Å²) in [6.07, 6.45) is 2.66. The molecule has 0 saturated carbocycles. The molecule has 4 heteroatoms. The first-order valence-corrected chi connectivity index (χ1v) is 6.54. The van der Waals surface area contributed by atoms with E-state index in [4.69, 9.17) is 0 Å². The highest BCUT2D eigenvalue weighted by atomic mass is 79.9. The molecule has 1 N–H and O–H groups in total. The zero-order valence-corrected chi connectivity index (χ0v) is 10.8. The average molecular weight is 294 g/mol. The smallest absolute Gasteiger partial charge is 0.228 e. The number of carbonyl (C=O) groups is 2. The molecule has 1 atom stereocenters. The third-order valence-electron chi connectivity index (χ3n) is 3.67. The first-order chi connectivity index (χ1) is 8.12. The number of aryl methyl sites for hydroxylation is 1. The minimum atomic E-state index is -0.731. The summed E-state index contributed by atoms with van der Waals surface area (Å²) in [4.78, 5) is 23.6. The number of fused-ring (bicyclic) bond motifs is 2. The standard InChI is InChI=1S/C13H12BrNO2/c14-9-3-4-10-8(6-9)2-1-5-13(10)11(16)7-12(17)15-13/h3-4,6H,1-2,5,7H2,(H,15,17). The molecule has 1 aliphatic heterocycles. The molecule has 1 spiro atoms. The molecule has 1 aliphatic carbocycles. The molecule has 3 nitrogen and oxygen atoms in total. The molecule has 0 aromatic heterocycles. The lowest BCUT2D eigenvalue weighted by Gasteiger charge is -2.34. The fraction of sp³-hybridized carbons (Fsp3) is 0.385. The maximum atomic E-state index is 12.1. The van der Waals surface area contributed by atoms with Crippen LogP contribution in [0.25, 0.3) is 0 Å².